The number of aryl methyl sites for hydroxylation is 1. The Morgan fingerprint density at radius 3 is 2.80 bits per heavy atom. The number of aromatic nitrogens is 3. The first-order valence-corrected chi connectivity index (χ1v) is 6.41. The standard InChI is InChI=1S/C15H14FN3O/c1-3-12-10-6-7-17-15(10)19-14(18-12)9-4-5-13(20-2)11(16)8-9/h4-8H,3H2,1-2H3,(H,17,18,19). The molecule has 0 amide bonds. The Morgan fingerprint density at radius 2 is 2.10 bits per heavy atom. The van der Waals surface area contributed by atoms with Gasteiger partial charge >= 0.3 is 0 Å². The molecule has 0 aliphatic heterocycles. The molecular weight excluding hydrogens is 257 g/mol. The van der Waals surface area contributed by atoms with E-state index in [0.717, 1.165) is 23.1 Å². The van der Waals surface area contributed by atoms with Gasteiger partial charge in [0.1, 0.15) is 5.65 Å². The molecule has 0 aliphatic carbocycles. The molecule has 4 nitrogen and oxygen atoms in total. The third kappa shape index (κ3) is 2.01. The maximum Gasteiger partial charge on any atom is 0.165 e. The number of H-pyrrole nitrogens is 1. The largest absolute Gasteiger partial charge is 0.494 e. The molecular formula is C15H14FN3O. The molecule has 3 rings (SSSR count). The first kappa shape index (κ1) is 12.6. The van der Waals surface area contributed by atoms with Crippen molar-refractivity contribution in [2.75, 3.05) is 7.11 Å². The molecule has 1 aromatic carbocycles. The first-order valence-electron chi connectivity index (χ1n) is 6.41. The molecule has 0 radical (unpaired) electrons. The number of fused-ring (bicyclic) bond motifs is 1. The molecule has 2 heterocycles. The second-order valence-corrected chi connectivity index (χ2v) is 4.44. The molecule has 0 saturated carbocycles. The van der Waals surface area contributed by atoms with E-state index in [9.17, 15) is 4.39 Å². The number of nitrogens with zero attached hydrogens (tertiary/aromatic N) is 2. The number of ether oxygens (including phenoxy) is 1. The molecule has 5 heteroatoms. The van der Waals surface area contributed by atoms with Crippen molar-refractivity contribution in [1.29, 1.82) is 0 Å². The highest BCUT2D eigenvalue weighted by atomic mass is 19.1. The average Bonchev–Trinajstić information content (AvgIpc) is 2.94. The zero-order valence-electron chi connectivity index (χ0n) is 11.3. The molecule has 0 atom stereocenters. The van der Waals surface area contributed by atoms with Crippen LogP contribution in [0.1, 0.15) is 12.6 Å². The summed E-state index contributed by atoms with van der Waals surface area (Å²) in [7, 11) is 1.44. The topological polar surface area (TPSA) is 50.8 Å². The molecule has 2 aromatic heterocycles. The lowest BCUT2D eigenvalue weighted by Gasteiger charge is -2.06. The lowest BCUT2D eigenvalue weighted by molar-refractivity contribution is 0.386. The van der Waals surface area contributed by atoms with Crippen molar-refractivity contribution in [2.45, 2.75) is 13.3 Å². The van der Waals surface area contributed by atoms with Crippen LogP contribution in [0.15, 0.2) is 30.5 Å². The number of benzene rings is 1. The zero-order chi connectivity index (χ0) is 14.1. The highest BCUT2D eigenvalue weighted by molar-refractivity contribution is 5.80. The maximum atomic E-state index is 13.8. The molecule has 20 heavy (non-hydrogen) atoms. The summed E-state index contributed by atoms with van der Waals surface area (Å²) in [5.74, 6) is 0.307. The van der Waals surface area contributed by atoms with Gasteiger partial charge in [-0.2, -0.15) is 0 Å². The molecule has 0 aliphatic rings. The Kier molecular flexibility index (Phi) is 3.10. The lowest BCUT2D eigenvalue weighted by Crippen LogP contribution is -1.97. The smallest absolute Gasteiger partial charge is 0.165 e. The van der Waals surface area contributed by atoms with E-state index in [1.807, 2.05) is 19.2 Å². The number of hydrogen-bond acceptors (Lipinski definition) is 3. The van der Waals surface area contributed by atoms with Gasteiger partial charge in [-0.15, -0.1) is 0 Å². The summed E-state index contributed by atoms with van der Waals surface area (Å²) in [6.07, 6.45) is 2.62. The van der Waals surface area contributed by atoms with E-state index in [0.29, 0.717) is 11.4 Å². The second kappa shape index (κ2) is 4.92. The van der Waals surface area contributed by atoms with Crippen LogP contribution in [0, 0.1) is 5.82 Å². The van der Waals surface area contributed by atoms with Gasteiger partial charge in [0.05, 0.1) is 12.8 Å². The molecule has 102 valence electrons. The Morgan fingerprint density at radius 1 is 1.25 bits per heavy atom. The normalized spacial score (nSPS) is 10.9. The lowest BCUT2D eigenvalue weighted by atomic mass is 10.1. The summed E-state index contributed by atoms with van der Waals surface area (Å²) in [5, 5.41) is 1.00. The van der Waals surface area contributed by atoms with Crippen LogP contribution in [-0.4, -0.2) is 22.1 Å². The van der Waals surface area contributed by atoms with E-state index in [4.69, 9.17) is 4.74 Å². The van der Waals surface area contributed by atoms with Gasteiger partial charge in [0.2, 0.25) is 0 Å². The Hall–Kier alpha value is -2.43. The van der Waals surface area contributed by atoms with E-state index in [-0.39, 0.29) is 5.75 Å². The van der Waals surface area contributed by atoms with Gasteiger partial charge in [0, 0.05) is 17.1 Å². The zero-order valence-corrected chi connectivity index (χ0v) is 11.3. The number of rotatable bonds is 3. The van der Waals surface area contributed by atoms with E-state index in [1.54, 1.807) is 12.1 Å². The van der Waals surface area contributed by atoms with Gasteiger partial charge in [0.25, 0.3) is 0 Å². The van der Waals surface area contributed by atoms with Gasteiger partial charge in [-0.1, -0.05) is 6.92 Å². The Labute approximate surface area is 115 Å². The molecule has 0 spiro atoms. The fraction of sp³-hybridized carbons (Fsp3) is 0.200. The van der Waals surface area contributed by atoms with Crippen molar-refractivity contribution >= 4 is 11.0 Å². The number of halogens is 1. The highest BCUT2D eigenvalue weighted by Crippen LogP contribution is 2.25. The van der Waals surface area contributed by atoms with Crippen LogP contribution in [0.2, 0.25) is 0 Å². The van der Waals surface area contributed by atoms with Crippen LogP contribution < -0.4 is 4.74 Å². The van der Waals surface area contributed by atoms with Crippen LogP contribution in [-0.2, 0) is 6.42 Å². The minimum atomic E-state index is -0.418. The SMILES string of the molecule is CCc1nc(-c2ccc(OC)c(F)c2)nc2[nH]ccc12. The fourth-order valence-electron chi connectivity index (χ4n) is 2.21. The number of methoxy groups -OCH3 is 1. The predicted molar refractivity (Wildman–Crippen MR) is 75.2 cm³/mol. The monoisotopic (exact) mass is 271 g/mol. The first-order chi connectivity index (χ1) is 9.72. The Bertz CT molecular complexity index is 767. The Balaban J connectivity index is 2.16. The summed E-state index contributed by atoms with van der Waals surface area (Å²) in [6, 6.07) is 6.68. The quantitative estimate of drug-likeness (QED) is 0.795. The van der Waals surface area contributed by atoms with Crippen molar-refractivity contribution in [3.05, 3.63) is 42.0 Å². The van der Waals surface area contributed by atoms with Crippen LogP contribution in [0.4, 0.5) is 4.39 Å². The second-order valence-electron chi connectivity index (χ2n) is 4.44. The molecule has 3 aromatic rings. The fourth-order valence-corrected chi connectivity index (χ4v) is 2.21. The van der Waals surface area contributed by atoms with Crippen LogP contribution in [0.25, 0.3) is 22.4 Å². The summed E-state index contributed by atoms with van der Waals surface area (Å²) >= 11 is 0. The number of nitrogens with one attached hydrogen (secondary N) is 1. The minimum absolute atomic E-state index is 0.213. The summed E-state index contributed by atoms with van der Waals surface area (Å²) < 4.78 is 18.7. The third-order valence-corrected chi connectivity index (χ3v) is 3.24. The van der Waals surface area contributed by atoms with Crippen molar-refractivity contribution in [3.8, 4) is 17.1 Å². The highest BCUT2D eigenvalue weighted by Gasteiger charge is 2.11. The summed E-state index contributed by atoms with van der Waals surface area (Å²) in [5.41, 5.74) is 2.35. The van der Waals surface area contributed by atoms with E-state index >= 15 is 0 Å². The van der Waals surface area contributed by atoms with Crippen molar-refractivity contribution in [1.82, 2.24) is 15.0 Å². The number of aromatic amines is 1. The van der Waals surface area contributed by atoms with Crippen molar-refractivity contribution in [2.24, 2.45) is 0 Å². The van der Waals surface area contributed by atoms with Crippen molar-refractivity contribution in [3.63, 3.8) is 0 Å². The third-order valence-electron chi connectivity index (χ3n) is 3.24. The minimum Gasteiger partial charge on any atom is -0.494 e. The molecule has 0 bridgehead atoms. The van der Waals surface area contributed by atoms with Gasteiger partial charge in [0.15, 0.2) is 17.4 Å². The molecule has 0 saturated heterocycles. The molecule has 0 unspecified atom stereocenters. The number of hydrogen-bond donors (Lipinski definition) is 1. The van der Waals surface area contributed by atoms with Crippen LogP contribution in [0.3, 0.4) is 0 Å². The van der Waals surface area contributed by atoms with Gasteiger partial charge in [-0.25, -0.2) is 14.4 Å². The summed E-state index contributed by atoms with van der Waals surface area (Å²) in [4.78, 5) is 12.0. The average molecular weight is 271 g/mol. The van der Waals surface area contributed by atoms with Gasteiger partial charge in [-0.05, 0) is 30.7 Å². The maximum absolute atomic E-state index is 13.8. The van der Waals surface area contributed by atoms with E-state index in [2.05, 4.69) is 15.0 Å². The summed E-state index contributed by atoms with van der Waals surface area (Å²) in [6.45, 7) is 2.03. The molecule has 1 N–H and O–H groups in total. The van der Waals surface area contributed by atoms with Gasteiger partial charge in [-0.3, -0.25) is 0 Å². The van der Waals surface area contributed by atoms with E-state index in [1.165, 1.54) is 13.2 Å². The van der Waals surface area contributed by atoms with Crippen LogP contribution >= 0.6 is 0 Å². The van der Waals surface area contributed by atoms with Crippen LogP contribution in [0.5, 0.6) is 5.75 Å². The van der Waals surface area contributed by atoms with Gasteiger partial charge < -0.3 is 9.72 Å². The molecule has 0 fully saturated rings. The predicted octanol–water partition coefficient (Wildman–Crippen LogP) is 3.34. The van der Waals surface area contributed by atoms with Crippen molar-refractivity contribution < 1.29 is 9.13 Å². The van der Waals surface area contributed by atoms with E-state index < -0.39 is 5.82 Å².